The monoisotopic (exact) mass is 594 g/mol. The van der Waals surface area contributed by atoms with Crippen molar-refractivity contribution >= 4 is 39.4 Å². The molecule has 5 aliphatic rings. The van der Waals surface area contributed by atoms with Crippen molar-refractivity contribution in [3.8, 4) is 0 Å². The van der Waals surface area contributed by atoms with Crippen LogP contribution in [-0.2, 0) is 36.5 Å². The highest BCUT2D eigenvalue weighted by Gasteiger charge is 2.56. The number of amides is 1. The van der Waals surface area contributed by atoms with E-state index in [-0.39, 0.29) is 11.5 Å². The summed E-state index contributed by atoms with van der Waals surface area (Å²) in [7, 11) is 3.52. The van der Waals surface area contributed by atoms with Gasteiger partial charge in [-0.1, -0.05) is 33.8 Å². The quantitative estimate of drug-likeness (QED) is 0.320. The Morgan fingerprint density at radius 3 is 2.84 bits per heavy atom. The highest BCUT2D eigenvalue weighted by atomic mass is 79.9. The number of hydrogen-bond donors (Lipinski definition) is 0. The third kappa shape index (κ3) is 3.74. The Hall–Kier alpha value is -2.43. The minimum atomic E-state index is -0.318. The van der Waals surface area contributed by atoms with Gasteiger partial charge in [-0.05, 0) is 66.7 Å². The predicted molar refractivity (Wildman–Crippen MR) is 150 cm³/mol. The molecule has 3 aliphatic carbocycles. The molecular formula is C28H31BrN6O2S. The lowest BCUT2D eigenvalue weighted by molar-refractivity contribution is -0.151. The van der Waals surface area contributed by atoms with Gasteiger partial charge in [0.05, 0.1) is 24.5 Å². The van der Waals surface area contributed by atoms with Crippen molar-refractivity contribution in [3.05, 3.63) is 62.5 Å². The van der Waals surface area contributed by atoms with Gasteiger partial charge in [0.25, 0.3) is 5.91 Å². The number of rotatable bonds is 3. The number of aromatic nitrogens is 4. The number of fused-ring (bicyclic) bond motifs is 2. The molecule has 2 aromatic heterocycles. The summed E-state index contributed by atoms with van der Waals surface area (Å²) in [6.45, 7) is 2.80. The van der Waals surface area contributed by atoms with E-state index in [4.69, 9.17) is 14.7 Å². The van der Waals surface area contributed by atoms with Gasteiger partial charge in [-0.25, -0.2) is 9.97 Å². The van der Waals surface area contributed by atoms with E-state index in [9.17, 15) is 4.79 Å². The molecule has 8 rings (SSSR count). The molecule has 0 saturated heterocycles. The number of ether oxygens (including phenoxy) is 1. The minimum Gasteiger partial charge on any atom is -0.365 e. The SMILES string of the molecule is CSc1nc2c(c(N3CCCn4nc(C(=O)N(C)C)cc4C3)n1)COC1(C2)c2cc(Br)ccc2C2CC1C2. The average Bonchev–Trinajstić information content (AvgIpc) is 3.18. The number of aryl methyl sites for hydroxylation is 1. The second-order valence-electron chi connectivity index (χ2n) is 11.1. The second kappa shape index (κ2) is 9.06. The van der Waals surface area contributed by atoms with Crippen molar-refractivity contribution in [1.82, 2.24) is 24.6 Å². The molecule has 0 N–H and O–H groups in total. The topological polar surface area (TPSA) is 76.4 Å². The van der Waals surface area contributed by atoms with Crippen LogP contribution in [0.25, 0.3) is 0 Å². The lowest BCUT2D eigenvalue weighted by Crippen LogP contribution is -2.52. The molecule has 1 spiro atoms. The van der Waals surface area contributed by atoms with E-state index >= 15 is 0 Å². The van der Waals surface area contributed by atoms with Gasteiger partial charge in [-0.15, -0.1) is 0 Å². The van der Waals surface area contributed by atoms with Crippen molar-refractivity contribution in [2.75, 3.05) is 31.8 Å². The van der Waals surface area contributed by atoms with Crippen LogP contribution in [0.5, 0.6) is 0 Å². The number of anilines is 1. The van der Waals surface area contributed by atoms with Crippen LogP contribution >= 0.6 is 27.7 Å². The molecule has 1 fully saturated rings. The van der Waals surface area contributed by atoms with Crippen LogP contribution in [0, 0.1) is 5.92 Å². The fraction of sp³-hybridized carbons (Fsp3) is 0.500. The maximum atomic E-state index is 12.6. The van der Waals surface area contributed by atoms with Crippen molar-refractivity contribution < 1.29 is 9.53 Å². The van der Waals surface area contributed by atoms with Gasteiger partial charge >= 0.3 is 0 Å². The number of hydrogen-bond acceptors (Lipinski definition) is 7. The fourth-order valence-corrected chi connectivity index (χ4v) is 7.52. The van der Waals surface area contributed by atoms with E-state index in [1.807, 2.05) is 17.0 Å². The molecule has 198 valence electrons. The number of carbonyl (C=O) groups is 1. The highest BCUT2D eigenvalue weighted by molar-refractivity contribution is 9.10. The molecule has 1 atom stereocenters. The Labute approximate surface area is 235 Å². The summed E-state index contributed by atoms with van der Waals surface area (Å²) in [4.78, 5) is 26.5. The van der Waals surface area contributed by atoms with E-state index in [0.717, 1.165) is 58.3 Å². The third-order valence-corrected chi connectivity index (χ3v) is 9.83. The van der Waals surface area contributed by atoms with Crippen LogP contribution in [0.15, 0.2) is 33.9 Å². The molecular weight excluding hydrogens is 564 g/mol. The molecule has 3 aromatic rings. The molecule has 1 saturated carbocycles. The molecule has 1 unspecified atom stereocenters. The summed E-state index contributed by atoms with van der Waals surface area (Å²) in [6, 6.07) is 8.65. The Bertz CT molecular complexity index is 1450. The van der Waals surface area contributed by atoms with Gasteiger partial charge in [0.15, 0.2) is 10.9 Å². The fourth-order valence-electron chi connectivity index (χ4n) is 6.78. The lowest BCUT2D eigenvalue weighted by Gasteiger charge is -2.56. The standard InChI is InChI=1S/C28H31BrN6O2S/c1-33(2)26(36)23-12-19-14-34(7-4-8-35(19)32-23)25-21-15-37-28(13-24(21)30-27(31-25)38-3)17-9-16(10-17)20-6-5-18(29)11-22(20)28/h5-6,11-12,16-17H,4,7-10,13-15H2,1-3H3. The summed E-state index contributed by atoms with van der Waals surface area (Å²) >= 11 is 5.30. The molecule has 1 aromatic carbocycles. The highest BCUT2D eigenvalue weighted by Crippen LogP contribution is 2.62. The number of benzene rings is 1. The predicted octanol–water partition coefficient (Wildman–Crippen LogP) is 4.75. The van der Waals surface area contributed by atoms with E-state index in [1.54, 1.807) is 30.8 Å². The molecule has 4 heterocycles. The Morgan fingerprint density at radius 1 is 1.21 bits per heavy atom. The summed E-state index contributed by atoms with van der Waals surface area (Å²) in [5.41, 5.74) is 6.21. The van der Waals surface area contributed by atoms with Crippen molar-refractivity contribution in [3.63, 3.8) is 0 Å². The first-order chi connectivity index (χ1) is 18.4. The van der Waals surface area contributed by atoms with Gasteiger partial charge < -0.3 is 14.5 Å². The Morgan fingerprint density at radius 2 is 2.05 bits per heavy atom. The van der Waals surface area contributed by atoms with E-state index in [2.05, 4.69) is 44.1 Å². The second-order valence-corrected chi connectivity index (χ2v) is 12.8. The van der Waals surface area contributed by atoms with Gasteiger partial charge in [0.2, 0.25) is 0 Å². The van der Waals surface area contributed by atoms with Crippen molar-refractivity contribution in [2.24, 2.45) is 5.92 Å². The van der Waals surface area contributed by atoms with Gasteiger partial charge in [0.1, 0.15) is 11.4 Å². The maximum absolute atomic E-state index is 12.6. The molecule has 8 nitrogen and oxygen atoms in total. The minimum absolute atomic E-state index is 0.0717. The summed E-state index contributed by atoms with van der Waals surface area (Å²) in [6.07, 6.45) is 6.14. The number of halogens is 1. The number of carbonyl (C=O) groups excluding carboxylic acids is 1. The third-order valence-electron chi connectivity index (χ3n) is 8.78. The van der Waals surface area contributed by atoms with E-state index in [1.165, 1.54) is 24.0 Å². The van der Waals surface area contributed by atoms with Crippen LogP contribution < -0.4 is 4.90 Å². The lowest BCUT2D eigenvalue weighted by atomic mass is 9.54. The number of thioether (sulfide) groups is 1. The van der Waals surface area contributed by atoms with Crippen LogP contribution in [0.3, 0.4) is 0 Å². The molecule has 1 amide bonds. The Kier molecular flexibility index (Phi) is 5.87. The van der Waals surface area contributed by atoms with E-state index < -0.39 is 0 Å². The first-order valence-corrected chi connectivity index (χ1v) is 15.3. The normalized spacial score (nSPS) is 25.2. The molecule has 2 bridgehead atoms. The van der Waals surface area contributed by atoms with Crippen LogP contribution in [0.4, 0.5) is 5.82 Å². The molecule has 10 heteroatoms. The number of nitrogens with zero attached hydrogens (tertiary/aromatic N) is 6. The first kappa shape index (κ1) is 24.6. The average molecular weight is 596 g/mol. The molecule has 2 aliphatic heterocycles. The zero-order valence-corrected chi connectivity index (χ0v) is 24.3. The smallest absolute Gasteiger partial charge is 0.273 e. The van der Waals surface area contributed by atoms with Gasteiger partial charge in [-0.3, -0.25) is 9.48 Å². The Balaban J connectivity index is 1.26. The first-order valence-electron chi connectivity index (χ1n) is 13.3. The summed E-state index contributed by atoms with van der Waals surface area (Å²) in [5.74, 6) is 2.07. The molecule has 0 radical (unpaired) electrons. The van der Waals surface area contributed by atoms with Gasteiger partial charge in [-0.2, -0.15) is 5.10 Å². The van der Waals surface area contributed by atoms with Crippen molar-refractivity contribution in [1.29, 1.82) is 0 Å². The summed E-state index contributed by atoms with van der Waals surface area (Å²) in [5, 5.41) is 5.41. The van der Waals surface area contributed by atoms with Gasteiger partial charge in [0, 0.05) is 43.6 Å². The zero-order chi connectivity index (χ0) is 26.2. The van der Waals surface area contributed by atoms with Crippen LogP contribution in [-0.4, -0.2) is 57.5 Å². The summed E-state index contributed by atoms with van der Waals surface area (Å²) < 4.78 is 10.0. The zero-order valence-electron chi connectivity index (χ0n) is 21.9. The van der Waals surface area contributed by atoms with E-state index in [0.29, 0.717) is 30.7 Å². The maximum Gasteiger partial charge on any atom is 0.273 e. The van der Waals surface area contributed by atoms with Crippen molar-refractivity contribution in [2.45, 2.75) is 62.1 Å². The largest absolute Gasteiger partial charge is 0.365 e. The molecule has 38 heavy (non-hydrogen) atoms. The van der Waals surface area contributed by atoms with Crippen LogP contribution in [0.2, 0.25) is 0 Å². The van der Waals surface area contributed by atoms with Crippen LogP contribution in [0.1, 0.15) is 63.7 Å².